The van der Waals surface area contributed by atoms with Gasteiger partial charge in [-0.05, 0) is 6.07 Å². The molecule has 0 saturated carbocycles. The lowest BCUT2D eigenvalue weighted by Gasteiger charge is -2.35. The first-order chi connectivity index (χ1) is 9.22. The van der Waals surface area contributed by atoms with Crippen LogP contribution in [0.25, 0.3) is 0 Å². The molecule has 19 heavy (non-hydrogen) atoms. The first kappa shape index (κ1) is 13.7. The van der Waals surface area contributed by atoms with Crippen LogP contribution < -0.4 is 10.6 Å². The van der Waals surface area contributed by atoms with Gasteiger partial charge in [-0.2, -0.15) is 0 Å². The molecule has 0 aliphatic carbocycles. The number of rotatable bonds is 4. The van der Waals surface area contributed by atoms with E-state index in [4.69, 9.17) is 10.5 Å². The van der Waals surface area contributed by atoms with Crippen LogP contribution in [0.3, 0.4) is 0 Å². The number of aromatic nitrogens is 2. The normalized spacial score (nSPS) is 17.4. The number of ether oxygens (including phenoxy) is 1. The summed E-state index contributed by atoms with van der Waals surface area (Å²) in [6.45, 7) is 2.95. The molecule has 1 saturated heterocycles. The molecule has 1 amide bonds. The van der Waals surface area contributed by atoms with Crippen LogP contribution in [0.4, 0.5) is 5.95 Å². The molecule has 104 valence electrons. The number of amides is 1. The van der Waals surface area contributed by atoms with E-state index in [1.165, 1.54) is 7.11 Å². The van der Waals surface area contributed by atoms with Crippen molar-refractivity contribution in [3.05, 3.63) is 18.5 Å². The predicted octanol–water partition coefficient (Wildman–Crippen LogP) is -0.901. The van der Waals surface area contributed by atoms with Gasteiger partial charge in [-0.1, -0.05) is 0 Å². The number of hydrogen-bond acceptors (Lipinski definition) is 6. The molecule has 2 N–H and O–H groups in total. The topological polar surface area (TPSA) is 84.6 Å². The van der Waals surface area contributed by atoms with E-state index in [1.54, 1.807) is 23.4 Å². The number of nitrogens with two attached hydrogens (primary N) is 1. The Morgan fingerprint density at radius 2 is 2.00 bits per heavy atom. The molecule has 1 fully saturated rings. The minimum atomic E-state index is -0.579. The van der Waals surface area contributed by atoms with E-state index in [-0.39, 0.29) is 12.5 Å². The van der Waals surface area contributed by atoms with Crippen molar-refractivity contribution in [3.63, 3.8) is 0 Å². The maximum absolute atomic E-state index is 12.0. The van der Waals surface area contributed by atoms with Crippen molar-refractivity contribution in [2.75, 3.05) is 44.8 Å². The van der Waals surface area contributed by atoms with Gasteiger partial charge in [0.25, 0.3) is 0 Å². The van der Waals surface area contributed by atoms with E-state index in [1.807, 2.05) is 0 Å². The highest BCUT2D eigenvalue weighted by atomic mass is 16.5. The van der Waals surface area contributed by atoms with Crippen molar-refractivity contribution in [1.29, 1.82) is 0 Å². The standard InChI is InChI=1S/C12H19N5O2/c1-19-9-10(13)11(18)16-5-7-17(8-6-16)12-14-3-2-4-15-12/h2-4,10H,5-9,13H2,1H3. The van der Waals surface area contributed by atoms with Crippen LogP contribution in [0.15, 0.2) is 18.5 Å². The zero-order chi connectivity index (χ0) is 13.7. The van der Waals surface area contributed by atoms with E-state index in [0.717, 1.165) is 13.1 Å². The summed E-state index contributed by atoms with van der Waals surface area (Å²) >= 11 is 0. The molecule has 1 atom stereocenters. The predicted molar refractivity (Wildman–Crippen MR) is 70.7 cm³/mol. The van der Waals surface area contributed by atoms with Gasteiger partial charge < -0.3 is 20.3 Å². The van der Waals surface area contributed by atoms with Crippen LogP contribution in [-0.2, 0) is 9.53 Å². The van der Waals surface area contributed by atoms with Gasteiger partial charge in [-0.15, -0.1) is 0 Å². The average molecular weight is 265 g/mol. The second kappa shape index (κ2) is 6.44. The molecule has 2 rings (SSSR count). The molecule has 2 heterocycles. The Labute approximate surface area is 112 Å². The van der Waals surface area contributed by atoms with Crippen LogP contribution in [0.2, 0.25) is 0 Å². The van der Waals surface area contributed by atoms with Crippen molar-refractivity contribution in [3.8, 4) is 0 Å². The number of carbonyl (C=O) groups is 1. The Morgan fingerprint density at radius 1 is 1.37 bits per heavy atom. The molecule has 1 unspecified atom stereocenters. The van der Waals surface area contributed by atoms with Crippen LogP contribution >= 0.6 is 0 Å². The van der Waals surface area contributed by atoms with Gasteiger partial charge >= 0.3 is 0 Å². The molecule has 0 spiro atoms. The summed E-state index contributed by atoms with van der Waals surface area (Å²) in [4.78, 5) is 24.2. The number of piperazine rings is 1. The Hall–Kier alpha value is -1.73. The number of carbonyl (C=O) groups excluding carboxylic acids is 1. The molecule has 7 nitrogen and oxygen atoms in total. The van der Waals surface area contributed by atoms with Crippen molar-refractivity contribution in [2.24, 2.45) is 5.73 Å². The number of nitrogens with zero attached hydrogens (tertiary/aromatic N) is 4. The van der Waals surface area contributed by atoms with E-state index in [0.29, 0.717) is 19.0 Å². The molecule has 1 aromatic rings. The van der Waals surface area contributed by atoms with E-state index < -0.39 is 6.04 Å². The highest BCUT2D eigenvalue weighted by Gasteiger charge is 2.25. The van der Waals surface area contributed by atoms with Gasteiger partial charge in [0.05, 0.1) is 6.61 Å². The SMILES string of the molecule is COCC(N)C(=O)N1CCN(c2ncccn2)CC1. The maximum atomic E-state index is 12.0. The summed E-state index contributed by atoms with van der Waals surface area (Å²) in [5, 5.41) is 0. The molecule has 0 radical (unpaired) electrons. The molecule has 1 aliphatic heterocycles. The third kappa shape index (κ3) is 3.39. The third-order valence-electron chi connectivity index (χ3n) is 3.09. The lowest BCUT2D eigenvalue weighted by Crippen LogP contribution is -2.54. The summed E-state index contributed by atoms with van der Waals surface area (Å²) in [6.07, 6.45) is 3.43. The summed E-state index contributed by atoms with van der Waals surface area (Å²) < 4.78 is 4.90. The molecular formula is C12H19N5O2. The van der Waals surface area contributed by atoms with Crippen LogP contribution in [0.5, 0.6) is 0 Å². The molecule has 7 heteroatoms. The van der Waals surface area contributed by atoms with Crippen molar-refractivity contribution >= 4 is 11.9 Å². The smallest absolute Gasteiger partial charge is 0.241 e. The Kier molecular flexibility index (Phi) is 4.64. The first-order valence-corrected chi connectivity index (χ1v) is 6.27. The number of hydrogen-bond donors (Lipinski definition) is 1. The summed E-state index contributed by atoms with van der Waals surface area (Å²) in [7, 11) is 1.54. The minimum Gasteiger partial charge on any atom is -0.383 e. The Balaban J connectivity index is 1.87. The maximum Gasteiger partial charge on any atom is 0.241 e. The molecule has 1 aliphatic rings. The Morgan fingerprint density at radius 3 is 2.58 bits per heavy atom. The fraction of sp³-hybridized carbons (Fsp3) is 0.583. The zero-order valence-corrected chi connectivity index (χ0v) is 11.0. The number of methoxy groups -OCH3 is 1. The average Bonchev–Trinajstić information content (AvgIpc) is 2.48. The summed E-state index contributed by atoms with van der Waals surface area (Å²) in [6, 6.07) is 1.21. The molecular weight excluding hydrogens is 246 g/mol. The molecule has 0 aromatic carbocycles. The van der Waals surface area contributed by atoms with E-state index in [9.17, 15) is 4.79 Å². The second-order valence-corrected chi connectivity index (χ2v) is 4.42. The zero-order valence-electron chi connectivity index (χ0n) is 11.0. The lowest BCUT2D eigenvalue weighted by molar-refractivity contribution is -0.134. The van der Waals surface area contributed by atoms with Gasteiger partial charge in [0, 0.05) is 45.7 Å². The van der Waals surface area contributed by atoms with Gasteiger partial charge in [0.2, 0.25) is 11.9 Å². The minimum absolute atomic E-state index is 0.0597. The number of anilines is 1. The summed E-state index contributed by atoms with van der Waals surface area (Å²) in [5.41, 5.74) is 5.75. The highest BCUT2D eigenvalue weighted by molar-refractivity contribution is 5.82. The summed E-state index contributed by atoms with van der Waals surface area (Å²) in [5.74, 6) is 0.645. The lowest BCUT2D eigenvalue weighted by atomic mass is 10.2. The highest BCUT2D eigenvalue weighted by Crippen LogP contribution is 2.10. The monoisotopic (exact) mass is 265 g/mol. The van der Waals surface area contributed by atoms with E-state index >= 15 is 0 Å². The first-order valence-electron chi connectivity index (χ1n) is 6.27. The quantitative estimate of drug-likeness (QED) is 0.759. The van der Waals surface area contributed by atoms with Gasteiger partial charge in [0.15, 0.2) is 0 Å². The van der Waals surface area contributed by atoms with Crippen molar-refractivity contribution in [1.82, 2.24) is 14.9 Å². The van der Waals surface area contributed by atoms with Crippen molar-refractivity contribution in [2.45, 2.75) is 6.04 Å². The van der Waals surface area contributed by atoms with E-state index in [2.05, 4.69) is 14.9 Å². The van der Waals surface area contributed by atoms with Gasteiger partial charge in [-0.25, -0.2) is 9.97 Å². The van der Waals surface area contributed by atoms with Crippen molar-refractivity contribution < 1.29 is 9.53 Å². The largest absolute Gasteiger partial charge is 0.383 e. The second-order valence-electron chi connectivity index (χ2n) is 4.42. The molecule has 1 aromatic heterocycles. The fourth-order valence-electron chi connectivity index (χ4n) is 2.07. The fourth-order valence-corrected chi connectivity index (χ4v) is 2.07. The van der Waals surface area contributed by atoms with Gasteiger partial charge in [-0.3, -0.25) is 4.79 Å². The Bertz CT molecular complexity index is 406. The third-order valence-corrected chi connectivity index (χ3v) is 3.09. The van der Waals surface area contributed by atoms with Gasteiger partial charge in [0.1, 0.15) is 6.04 Å². The van der Waals surface area contributed by atoms with Crippen LogP contribution in [-0.4, -0.2) is 66.7 Å². The molecule has 0 bridgehead atoms. The van der Waals surface area contributed by atoms with Crippen LogP contribution in [0.1, 0.15) is 0 Å². The van der Waals surface area contributed by atoms with Crippen LogP contribution in [0, 0.1) is 0 Å².